The van der Waals surface area contributed by atoms with Crippen molar-refractivity contribution < 1.29 is 26.3 Å². The van der Waals surface area contributed by atoms with Gasteiger partial charge in [0.2, 0.25) is 0 Å². The molecule has 0 aliphatic carbocycles. The average Bonchev–Trinajstić information content (AvgIpc) is 3.73. The number of halogens is 5. The second-order valence-electron chi connectivity index (χ2n) is 9.88. The van der Waals surface area contributed by atoms with Gasteiger partial charge in [0.25, 0.3) is 0 Å². The Bertz CT molecular complexity index is 1870. The lowest BCUT2D eigenvalue weighted by Gasteiger charge is -2.34. The van der Waals surface area contributed by atoms with Gasteiger partial charge in [0.1, 0.15) is 5.57 Å². The van der Waals surface area contributed by atoms with Gasteiger partial charge in [-0.1, -0.05) is 91.0 Å². The van der Waals surface area contributed by atoms with Gasteiger partial charge in [-0.3, -0.25) is 0 Å². The number of fused-ring (bicyclic) bond motifs is 2. The van der Waals surface area contributed by atoms with Crippen molar-refractivity contribution in [2.24, 2.45) is 0 Å². The van der Waals surface area contributed by atoms with Crippen LogP contribution in [-0.2, 0) is 0 Å². The van der Waals surface area contributed by atoms with Crippen LogP contribution in [0.5, 0.6) is 0 Å². The van der Waals surface area contributed by atoms with Crippen LogP contribution in [0.2, 0.25) is 0 Å². The Labute approximate surface area is 236 Å². The Morgan fingerprint density at radius 3 is 1.90 bits per heavy atom. The molecule has 3 aromatic carbocycles. The summed E-state index contributed by atoms with van der Waals surface area (Å²) in [6, 6.07) is 29.9. The molecule has 5 aromatic rings. The number of benzene rings is 3. The van der Waals surface area contributed by atoms with E-state index in [9.17, 15) is 13.2 Å². The van der Waals surface area contributed by atoms with Crippen molar-refractivity contribution in [2.45, 2.75) is 6.18 Å². The van der Waals surface area contributed by atoms with E-state index in [4.69, 9.17) is 0 Å². The van der Waals surface area contributed by atoms with Gasteiger partial charge < -0.3 is 17.6 Å². The lowest BCUT2D eigenvalue weighted by molar-refractivity contribution is -0.362. The fraction of sp³-hybridized carbons (Fsp3) is 0.0312. The molecule has 202 valence electrons. The highest BCUT2D eigenvalue weighted by Crippen LogP contribution is 2.50. The summed E-state index contributed by atoms with van der Waals surface area (Å²) in [5.41, 5.74) is 0.971. The molecule has 0 radical (unpaired) electrons. The Morgan fingerprint density at radius 1 is 0.683 bits per heavy atom. The highest BCUT2D eigenvalue weighted by atomic mass is 32.1. The standard InChI is InChI=1S/C32H20BF5N2S/c34-32(35,36)30-27-18-17-26(29-12-7-19-41-29)39(27)33(37,38)40-28(30)20-25(23-10-5-2-6-11-23)31(40)24-15-13-22(14-16-24)21-8-3-1-4-9-21/h1-20H. The third kappa shape index (κ3) is 4.03. The first kappa shape index (κ1) is 25.5. The molecule has 2 aromatic heterocycles. The first-order valence-corrected chi connectivity index (χ1v) is 13.8. The quantitative estimate of drug-likeness (QED) is 0.150. The molecule has 0 spiro atoms. The summed E-state index contributed by atoms with van der Waals surface area (Å²) < 4.78 is 79.3. The van der Waals surface area contributed by atoms with Gasteiger partial charge >= 0.3 is 13.1 Å². The highest BCUT2D eigenvalue weighted by Gasteiger charge is 2.59. The molecule has 0 atom stereocenters. The molecule has 0 unspecified atom stereocenters. The molecule has 2 aliphatic rings. The molecule has 0 saturated heterocycles. The zero-order valence-corrected chi connectivity index (χ0v) is 22.1. The second-order valence-corrected chi connectivity index (χ2v) is 10.8. The molecule has 7 rings (SSSR count). The first-order valence-electron chi connectivity index (χ1n) is 12.9. The van der Waals surface area contributed by atoms with Crippen molar-refractivity contribution >= 4 is 29.6 Å². The Hall–Kier alpha value is -4.50. The van der Waals surface area contributed by atoms with E-state index >= 15 is 8.63 Å². The van der Waals surface area contributed by atoms with E-state index in [1.54, 1.807) is 72.1 Å². The van der Waals surface area contributed by atoms with Crippen molar-refractivity contribution in [3.8, 4) is 33.5 Å². The van der Waals surface area contributed by atoms with Crippen molar-refractivity contribution in [3.05, 3.63) is 137 Å². The summed E-state index contributed by atoms with van der Waals surface area (Å²) in [5.74, 6) is 0. The maximum absolute atomic E-state index is 16.9. The third-order valence-corrected chi connectivity index (χ3v) is 8.39. The van der Waals surface area contributed by atoms with Gasteiger partial charge in [0.05, 0.1) is 4.88 Å². The minimum atomic E-state index is -4.88. The van der Waals surface area contributed by atoms with Gasteiger partial charge in [0.15, 0.2) is 11.4 Å². The van der Waals surface area contributed by atoms with Gasteiger partial charge in [-0.2, -0.15) is 13.2 Å². The number of thiophene rings is 1. The van der Waals surface area contributed by atoms with Crippen LogP contribution >= 0.6 is 11.3 Å². The van der Waals surface area contributed by atoms with E-state index in [1.807, 2.05) is 30.3 Å². The number of alkyl halides is 3. The molecule has 2 nitrogen and oxygen atoms in total. The summed E-state index contributed by atoms with van der Waals surface area (Å²) >= 11 is 1.20. The van der Waals surface area contributed by atoms with Crippen LogP contribution in [-0.4, -0.2) is 27.8 Å². The molecule has 0 N–H and O–H groups in total. The fourth-order valence-electron chi connectivity index (χ4n) is 5.77. The topological polar surface area (TPSA) is 7.94 Å². The first-order chi connectivity index (χ1) is 19.7. The maximum Gasteiger partial charge on any atom is 0.737 e. The molecular formula is C32H20BF5N2S. The Morgan fingerprint density at radius 2 is 1.29 bits per heavy atom. The van der Waals surface area contributed by atoms with Crippen LogP contribution < -0.4 is 0 Å². The minimum absolute atomic E-state index is 0.0361. The summed E-state index contributed by atoms with van der Waals surface area (Å²) in [6.45, 7) is -4.72. The molecule has 0 bridgehead atoms. The lowest BCUT2D eigenvalue weighted by atomic mass is 9.87. The van der Waals surface area contributed by atoms with Crippen LogP contribution in [0.4, 0.5) is 21.8 Å². The third-order valence-electron chi connectivity index (χ3n) is 7.50. The molecule has 0 fully saturated rings. The van der Waals surface area contributed by atoms with Gasteiger partial charge in [-0.15, -0.1) is 11.3 Å². The molecule has 9 heteroatoms. The van der Waals surface area contributed by atoms with Crippen molar-refractivity contribution in [1.82, 2.24) is 4.48 Å². The number of hydrogen-bond acceptors (Lipinski definition) is 1. The SMILES string of the molecule is F[B-]1(F)n2c(cc(-c3ccccc3)c2-c2ccc(-c3ccccc3)cc2)C(C(F)(F)F)=C2C=CC(c3cccs3)=[N+]21. The monoisotopic (exact) mass is 570 g/mol. The number of hydrogen-bond donors (Lipinski definition) is 0. The molecule has 41 heavy (non-hydrogen) atoms. The smallest absolute Gasteiger partial charge is 0.389 e. The van der Waals surface area contributed by atoms with E-state index in [0.717, 1.165) is 17.2 Å². The van der Waals surface area contributed by atoms with Crippen molar-refractivity contribution in [1.29, 1.82) is 0 Å². The summed E-state index contributed by atoms with van der Waals surface area (Å²) in [4.78, 5) is 0.465. The van der Waals surface area contributed by atoms with Crippen LogP contribution in [0.3, 0.4) is 0 Å². The minimum Gasteiger partial charge on any atom is -0.389 e. The summed E-state index contributed by atoms with van der Waals surface area (Å²) in [6.07, 6.45) is -2.38. The predicted molar refractivity (Wildman–Crippen MR) is 155 cm³/mol. The molecule has 4 heterocycles. The van der Waals surface area contributed by atoms with Crippen LogP contribution in [0, 0.1) is 0 Å². The zero-order valence-electron chi connectivity index (χ0n) is 21.3. The largest absolute Gasteiger partial charge is 0.737 e. The average molecular weight is 570 g/mol. The number of rotatable bonds is 4. The lowest BCUT2D eigenvalue weighted by Crippen LogP contribution is -2.52. The molecule has 0 saturated carbocycles. The van der Waals surface area contributed by atoms with Gasteiger partial charge in [-0.05, 0) is 39.8 Å². The van der Waals surface area contributed by atoms with Gasteiger partial charge in [-0.25, -0.2) is 0 Å². The number of allylic oxidation sites excluding steroid dienone is 3. The summed E-state index contributed by atoms with van der Waals surface area (Å²) in [5, 5.41) is 1.71. The van der Waals surface area contributed by atoms with E-state index in [1.165, 1.54) is 23.5 Å². The highest BCUT2D eigenvalue weighted by molar-refractivity contribution is 7.12. The van der Waals surface area contributed by atoms with Crippen LogP contribution in [0.15, 0.2) is 126 Å². The summed E-state index contributed by atoms with van der Waals surface area (Å²) in [7, 11) is 0. The fourth-order valence-corrected chi connectivity index (χ4v) is 6.52. The predicted octanol–water partition coefficient (Wildman–Crippen LogP) is 9.13. The van der Waals surface area contributed by atoms with Crippen LogP contribution in [0.25, 0.3) is 39.1 Å². The normalized spacial score (nSPS) is 15.8. The molecular weight excluding hydrogens is 550 g/mol. The van der Waals surface area contributed by atoms with E-state index in [2.05, 4.69) is 0 Å². The van der Waals surface area contributed by atoms with Crippen molar-refractivity contribution in [3.63, 3.8) is 0 Å². The molecule has 0 amide bonds. The van der Waals surface area contributed by atoms with E-state index < -0.39 is 30.1 Å². The van der Waals surface area contributed by atoms with E-state index in [0.29, 0.717) is 30.5 Å². The Balaban J connectivity index is 1.54. The number of nitrogens with zero attached hydrogens (tertiary/aromatic N) is 2. The second kappa shape index (κ2) is 9.28. The van der Waals surface area contributed by atoms with Crippen molar-refractivity contribution in [2.75, 3.05) is 0 Å². The van der Waals surface area contributed by atoms with Crippen LogP contribution in [0.1, 0.15) is 10.6 Å². The number of aromatic nitrogens is 1. The molecule has 2 aliphatic heterocycles. The zero-order chi connectivity index (χ0) is 28.4. The maximum atomic E-state index is 16.9. The van der Waals surface area contributed by atoms with Gasteiger partial charge in [0, 0.05) is 29.1 Å². The Kier molecular flexibility index (Phi) is 5.76. The van der Waals surface area contributed by atoms with E-state index in [-0.39, 0.29) is 11.4 Å².